The van der Waals surface area contributed by atoms with Gasteiger partial charge in [0.15, 0.2) is 11.5 Å². The van der Waals surface area contributed by atoms with Gasteiger partial charge in [0.2, 0.25) is 6.29 Å². The molecular weight excluding hydrogens is 256 g/mol. The van der Waals surface area contributed by atoms with E-state index in [4.69, 9.17) is 14.2 Å². The number of aliphatic hydroxyl groups excluding tert-OH is 1. The lowest BCUT2D eigenvalue weighted by Gasteiger charge is -2.40. The number of benzene rings is 2. The molecule has 0 unspecified atom stereocenters. The average Bonchev–Trinajstić information content (AvgIpc) is 2.51. The van der Waals surface area contributed by atoms with Crippen LogP contribution >= 0.6 is 0 Å². The Labute approximate surface area is 116 Å². The van der Waals surface area contributed by atoms with Gasteiger partial charge in [-0.25, -0.2) is 0 Å². The molecule has 0 aliphatic carbocycles. The highest BCUT2D eigenvalue weighted by Gasteiger charge is 2.42. The number of fused-ring (bicyclic) bond motifs is 6. The van der Waals surface area contributed by atoms with Crippen molar-refractivity contribution in [1.29, 1.82) is 0 Å². The second-order valence-electron chi connectivity index (χ2n) is 4.96. The number of rotatable bonds is 1. The molecule has 2 bridgehead atoms. The molecular formula is C16H14O4. The predicted octanol–water partition coefficient (Wildman–Crippen LogP) is 2.89. The summed E-state index contributed by atoms with van der Waals surface area (Å²) in [5, 5.41) is 10.6. The lowest BCUT2D eigenvalue weighted by Crippen LogP contribution is -2.32. The summed E-state index contributed by atoms with van der Waals surface area (Å²) < 4.78 is 17.1. The van der Waals surface area contributed by atoms with Crippen molar-refractivity contribution in [2.24, 2.45) is 0 Å². The van der Waals surface area contributed by atoms with Gasteiger partial charge in [0.25, 0.3) is 0 Å². The fourth-order valence-corrected chi connectivity index (χ4v) is 2.92. The van der Waals surface area contributed by atoms with Gasteiger partial charge in [-0.1, -0.05) is 36.4 Å². The Morgan fingerprint density at radius 3 is 2.55 bits per heavy atom. The van der Waals surface area contributed by atoms with Gasteiger partial charge < -0.3 is 19.3 Å². The predicted molar refractivity (Wildman–Crippen MR) is 71.6 cm³/mol. The summed E-state index contributed by atoms with van der Waals surface area (Å²) in [6.45, 7) is 0. The third-order valence-electron chi connectivity index (χ3n) is 3.89. The molecule has 4 rings (SSSR count). The molecule has 0 fully saturated rings. The number of ether oxygens (including phenoxy) is 3. The number of hydrogen-bond donors (Lipinski definition) is 1. The fraction of sp³-hybridized carbons (Fsp3) is 0.250. The van der Waals surface area contributed by atoms with E-state index in [1.807, 2.05) is 42.5 Å². The molecule has 20 heavy (non-hydrogen) atoms. The SMILES string of the molecule is COc1cccc2c1O[C@@H]1O[C@H]2[C@H](O)c2ccccc21. The van der Waals surface area contributed by atoms with Crippen molar-refractivity contribution < 1.29 is 19.3 Å². The molecule has 2 aliphatic rings. The van der Waals surface area contributed by atoms with Gasteiger partial charge in [0.05, 0.1) is 7.11 Å². The van der Waals surface area contributed by atoms with Crippen LogP contribution in [0.3, 0.4) is 0 Å². The summed E-state index contributed by atoms with van der Waals surface area (Å²) in [4.78, 5) is 0. The first-order chi connectivity index (χ1) is 9.79. The number of aliphatic hydroxyl groups is 1. The third-order valence-corrected chi connectivity index (χ3v) is 3.89. The second kappa shape index (κ2) is 4.23. The van der Waals surface area contributed by atoms with Crippen LogP contribution < -0.4 is 9.47 Å². The standard InChI is InChI=1S/C16H14O4/c1-18-12-8-4-7-11-14(12)19-16-10-6-3-2-5-9(10)13(17)15(11)20-16/h2-8,13,15-17H,1H3/t13-,15-,16-/m1/s1. The Morgan fingerprint density at radius 1 is 1.00 bits per heavy atom. The lowest BCUT2D eigenvalue weighted by molar-refractivity contribution is -0.192. The highest BCUT2D eigenvalue weighted by Crippen LogP contribution is 2.53. The quantitative estimate of drug-likeness (QED) is 0.865. The molecule has 0 saturated heterocycles. The van der Waals surface area contributed by atoms with Crippen LogP contribution in [0.2, 0.25) is 0 Å². The minimum Gasteiger partial charge on any atom is -0.493 e. The minimum atomic E-state index is -0.697. The van der Waals surface area contributed by atoms with E-state index in [1.165, 1.54) is 0 Å². The Kier molecular flexibility index (Phi) is 2.49. The van der Waals surface area contributed by atoms with Gasteiger partial charge in [-0.2, -0.15) is 0 Å². The normalized spacial score (nSPS) is 26.2. The van der Waals surface area contributed by atoms with E-state index in [1.54, 1.807) is 7.11 Å². The molecule has 102 valence electrons. The van der Waals surface area contributed by atoms with Crippen molar-refractivity contribution in [2.75, 3.05) is 7.11 Å². The molecule has 2 aromatic rings. The number of methoxy groups -OCH3 is 1. The second-order valence-corrected chi connectivity index (χ2v) is 4.96. The summed E-state index contributed by atoms with van der Waals surface area (Å²) in [5.74, 6) is 1.32. The summed E-state index contributed by atoms with van der Waals surface area (Å²) in [7, 11) is 1.61. The molecule has 3 atom stereocenters. The van der Waals surface area contributed by atoms with Crippen molar-refractivity contribution in [3.05, 3.63) is 59.2 Å². The summed E-state index contributed by atoms with van der Waals surface area (Å²) in [6.07, 6.45) is -1.62. The zero-order valence-electron chi connectivity index (χ0n) is 10.9. The molecule has 2 heterocycles. The van der Waals surface area contributed by atoms with Crippen LogP contribution in [0.5, 0.6) is 11.5 Å². The van der Waals surface area contributed by atoms with Crippen molar-refractivity contribution in [3.8, 4) is 11.5 Å². The van der Waals surface area contributed by atoms with E-state index in [9.17, 15) is 5.11 Å². The molecule has 2 aromatic carbocycles. The van der Waals surface area contributed by atoms with Crippen LogP contribution in [0.1, 0.15) is 35.2 Å². The molecule has 4 nitrogen and oxygen atoms in total. The maximum atomic E-state index is 10.6. The summed E-state index contributed by atoms with van der Waals surface area (Å²) >= 11 is 0. The van der Waals surface area contributed by atoms with E-state index in [0.717, 1.165) is 16.7 Å². The van der Waals surface area contributed by atoms with E-state index in [2.05, 4.69) is 0 Å². The maximum absolute atomic E-state index is 10.6. The van der Waals surface area contributed by atoms with E-state index < -0.39 is 18.5 Å². The summed E-state index contributed by atoms with van der Waals surface area (Å²) in [6, 6.07) is 13.3. The van der Waals surface area contributed by atoms with Crippen molar-refractivity contribution in [1.82, 2.24) is 0 Å². The minimum absolute atomic E-state index is 0.422. The Bertz CT molecular complexity index is 667. The molecule has 1 N–H and O–H groups in total. The zero-order chi connectivity index (χ0) is 13.7. The molecule has 2 aliphatic heterocycles. The van der Waals surface area contributed by atoms with Gasteiger partial charge >= 0.3 is 0 Å². The molecule has 0 saturated carbocycles. The zero-order valence-corrected chi connectivity index (χ0v) is 10.9. The van der Waals surface area contributed by atoms with Crippen LogP contribution in [0, 0.1) is 0 Å². The molecule has 0 radical (unpaired) electrons. The van der Waals surface area contributed by atoms with Crippen LogP contribution in [0.15, 0.2) is 42.5 Å². The Morgan fingerprint density at radius 2 is 1.75 bits per heavy atom. The fourth-order valence-electron chi connectivity index (χ4n) is 2.92. The number of hydrogen-bond acceptors (Lipinski definition) is 4. The molecule has 0 spiro atoms. The topological polar surface area (TPSA) is 47.9 Å². The smallest absolute Gasteiger partial charge is 0.227 e. The maximum Gasteiger partial charge on any atom is 0.227 e. The Hall–Kier alpha value is -2.04. The van der Waals surface area contributed by atoms with Crippen molar-refractivity contribution in [2.45, 2.75) is 18.5 Å². The van der Waals surface area contributed by atoms with Gasteiger partial charge in [-0.3, -0.25) is 0 Å². The van der Waals surface area contributed by atoms with Crippen LogP contribution in [-0.4, -0.2) is 12.2 Å². The Balaban J connectivity index is 1.90. The lowest BCUT2D eigenvalue weighted by atomic mass is 9.89. The average molecular weight is 270 g/mol. The first-order valence-electron chi connectivity index (χ1n) is 6.55. The van der Waals surface area contributed by atoms with Crippen molar-refractivity contribution in [3.63, 3.8) is 0 Å². The van der Waals surface area contributed by atoms with Crippen LogP contribution in [0.25, 0.3) is 0 Å². The van der Waals surface area contributed by atoms with Crippen LogP contribution in [0.4, 0.5) is 0 Å². The number of para-hydroxylation sites is 1. The van der Waals surface area contributed by atoms with Crippen molar-refractivity contribution >= 4 is 0 Å². The van der Waals surface area contributed by atoms with E-state index in [0.29, 0.717) is 11.5 Å². The van der Waals surface area contributed by atoms with Gasteiger partial charge in [-0.05, 0) is 11.6 Å². The van der Waals surface area contributed by atoms with Gasteiger partial charge in [-0.15, -0.1) is 0 Å². The summed E-state index contributed by atoms with van der Waals surface area (Å²) in [5.41, 5.74) is 2.55. The molecule has 0 amide bonds. The first kappa shape index (κ1) is 11.8. The monoisotopic (exact) mass is 270 g/mol. The largest absolute Gasteiger partial charge is 0.493 e. The third kappa shape index (κ3) is 1.49. The highest BCUT2D eigenvalue weighted by atomic mass is 16.7. The molecule has 0 aromatic heterocycles. The van der Waals surface area contributed by atoms with E-state index in [-0.39, 0.29) is 0 Å². The van der Waals surface area contributed by atoms with Gasteiger partial charge in [0, 0.05) is 11.1 Å². The van der Waals surface area contributed by atoms with Crippen LogP contribution in [-0.2, 0) is 4.74 Å². The van der Waals surface area contributed by atoms with E-state index >= 15 is 0 Å². The van der Waals surface area contributed by atoms with Gasteiger partial charge in [0.1, 0.15) is 12.2 Å². The first-order valence-corrected chi connectivity index (χ1v) is 6.55. The molecule has 4 heteroatoms. The highest BCUT2D eigenvalue weighted by molar-refractivity contribution is 5.51.